The highest BCUT2D eigenvalue weighted by Crippen LogP contribution is 2.56. The van der Waals surface area contributed by atoms with Crippen LogP contribution in [-0.2, 0) is 51.9 Å². The van der Waals surface area contributed by atoms with Crippen LogP contribution in [0, 0.1) is 11.7 Å². The number of para-hydroxylation sites is 2. The number of aliphatic carboxylic acids is 1. The highest BCUT2D eigenvalue weighted by molar-refractivity contribution is 7.22. The molecule has 5 fully saturated rings. The molecule has 1 aliphatic carbocycles. The summed E-state index contributed by atoms with van der Waals surface area (Å²) in [6.45, 7) is 0.127. The van der Waals surface area contributed by atoms with Crippen LogP contribution in [0.3, 0.4) is 0 Å². The Bertz CT molecular complexity index is 4360. The van der Waals surface area contributed by atoms with Gasteiger partial charge >= 0.3 is 5.97 Å². The minimum Gasteiger partial charge on any atom is -0.480 e. The molecule has 25 heteroatoms. The van der Waals surface area contributed by atoms with Crippen LogP contribution in [0.25, 0.3) is 53.7 Å². The van der Waals surface area contributed by atoms with Gasteiger partial charge in [0.15, 0.2) is 5.60 Å². The van der Waals surface area contributed by atoms with E-state index in [1.165, 1.54) is 22.1 Å². The molecule has 14 rings (SSSR count). The molecule has 0 spiro atoms. The number of ether oxygens (including phenoxy) is 1. The molecule has 92 heavy (non-hydrogen) atoms. The van der Waals surface area contributed by atoms with E-state index >= 15 is 18.8 Å². The first-order chi connectivity index (χ1) is 44.5. The van der Waals surface area contributed by atoms with Gasteiger partial charge < -0.3 is 45.4 Å². The second-order valence-corrected chi connectivity index (χ2v) is 26.4. The molecule has 8 aromatic rings. The number of carboxylic acid groups (broad SMARTS) is 1. The lowest BCUT2D eigenvalue weighted by molar-refractivity contribution is -0.162. The molecule has 22 nitrogen and oxygen atoms in total. The number of carbonyl (C=O) groups is 8. The number of benzene rings is 5. The number of amides is 7. The first-order valence-corrected chi connectivity index (χ1v) is 32.5. The van der Waals surface area contributed by atoms with Gasteiger partial charge in [-0.1, -0.05) is 60.1 Å². The smallest absolute Gasteiger partial charge is 0.322 e. The Balaban J connectivity index is 0.721. The molecule has 0 radical (unpaired) electrons. The topological polar surface area (TPSA) is 264 Å². The molecule has 5 aliphatic heterocycles. The van der Waals surface area contributed by atoms with Crippen LogP contribution >= 0.6 is 22.9 Å². The lowest BCUT2D eigenvalue weighted by Crippen LogP contribution is -2.63. The SMILES string of the molecule is Cn1ncc2cc(F)c(-c3cccc4c3c(C3CCN(C(=O)[C@]56C[C@H]5CCCN6C(=O)C5CCCN5C(=O)C5(Oc6ccccc6-c6nc7cccc(Cl)c7s6)CCN(C(=O)[C@H]6CC(=O)Nc7ccccc76)CC5)CC3)nn4CC(=O)NCC(=O)NCC(=O)O)cc21. The fourth-order valence-electron chi connectivity index (χ4n) is 14.9. The molecule has 7 amide bonds. The third kappa shape index (κ3) is 10.8. The maximum absolute atomic E-state index is 16.3. The third-order valence-corrected chi connectivity index (χ3v) is 21.1. The Morgan fingerprint density at radius 1 is 0.783 bits per heavy atom. The van der Waals surface area contributed by atoms with E-state index in [1.54, 1.807) is 63.0 Å². The number of nitrogens with one attached hydrogen (secondary N) is 3. The first kappa shape index (κ1) is 60.3. The van der Waals surface area contributed by atoms with E-state index in [2.05, 4.69) is 21.0 Å². The molecule has 4 N–H and O–H groups in total. The van der Waals surface area contributed by atoms with E-state index in [1.807, 2.05) is 65.6 Å². The van der Waals surface area contributed by atoms with Crippen molar-refractivity contribution in [1.29, 1.82) is 0 Å². The predicted octanol–water partition coefficient (Wildman–Crippen LogP) is 7.62. The second-order valence-electron chi connectivity index (χ2n) is 24.9. The van der Waals surface area contributed by atoms with Crippen LogP contribution in [0.2, 0.25) is 5.02 Å². The summed E-state index contributed by atoms with van der Waals surface area (Å²) in [7, 11) is 1.77. The number of rotatable bonds is 15. The molecular weight excluding hydrogens is 1220 g/mol. The Hall–Kier alpha value is -9.29. The van der Waals surface area contributed by atoms with Crippen LogP contribution < -0.4 is 20.7 Å². The summed E-state index contributed by atoms with van der Waals surface area (Å²) in [6, 6.07) is 27.9. The molecule has 0 bridgehead atoms. The van der Waals surface area contributed by atoms with Crippen LogP contribution in [-0.4, -0.2) is 166 Å². The zero-order valence-corrected chi connectivity index (χ0v) is 51.9. The lowest BCUT2D eigenvalue weighted by atomic mass is 9.85. The largest absolute Gasteiger partial charge is 0.480 e. The van der Waals surface area contributed by atoms with Crippen molar-refractivity contribution in [3.05, 3.63) is 125 Å². The molecule has 6 aliphatic rings. The monoisotopic (exact) mass is 1280 g/mol. The standard InChI is InChI=1S/C67H66ClFN12O10S/c1-76-52-31-44(47(69)30-39(52)34-72-76)42-13-6-17-50-58(42)59(75-81(50)37-56(84)70-35-55(83)71-36-57(85)86)38-20-26-78(27-21-38)65(90)67-33-40(67)10-8-25-80(67)63(88)51-18-9-24-79(51)64(89)66(91-53-19-5-3-12-43(53)61-74-49-16-7-14-46(68)60(49)92-61)22-28-77(29-23-66)62(87)45-32-54(82)73-48-15-4-2-11-41(45)48/h2-7,11-17,19,30-31,34,38,40,45,51H,8-10,18,20-29,32-33,35-37H2,1H3,(H,70,84)(H,71,83)(H,73,82)(H,85,86)/t40-,45+,51?,67+/m1/s1. The van der Waals surface area contributed by atoms with E-state index in [9.17, 15) is 24.0 Å². The Morgan fingerprint density at radius 2 is 1.53 bits per heavy atom. The number of likely N-dealkylation sites (tertiary alicyclic amines) is 4. The number of aryl methyl sites for hydroxylation is 1. The maximum atomic E-state index is 16.3. The van der Waals surface area contributed by atoms with Crippen LogP contribution in [0.1, 0.15) is 87.3 Å². The number of piperidine rings is 3. The van der Waals surface area contributed by atoms with Crippen molar-refractivity contribution >= 4 is 108 Å². The molecule has 3 aromatic heterocycles. The minimum atomic E-state index is -1.55. The number of aromatic nitrogens is 5. The van der Waals surface area contributed by atoms with Crippen molar-refractivity contribution in [3.63, 3.8) is 0 Å². The lowest BCUT2D eigenvalue weighted by Gasteiger charge is -2.45. The molecular formula is C67H66ClFN12O10S. The molecule has 8 heterocycles. The van der Waals surface area contributed by atoms with Gasteiger partial charge in [0.2, 0.25) is 35.4 Å². The second kappa shape index (κ2) is 24.1. The van der Waals surface area contributed by atoms with Crippen LogP contribution in [0.15, 0.2) is 103 Å². The molecule has 1 saturated carbocycles. The van der Waals surface area contributed by atoms with Gasteiger partial charge in [-0.25, -0.2) is 9.37 Å². The summed E-state index contributed by atoms with van der Waals surface area (Å²) in [5.41, 5.74) is 2.73. The van der Waals surface area contributed by atoms with Crippen molar-refractivity contribution in [2.24, 2.45) is 13.0 Å². The highest BCUT2D eigenvalue weighted by Gasteiger charge is 2.68. The van der Waals surface area contributed by atoms with E-state index in [0.29, 0.717) is 129 Å². The van der Waals surface area contributed by atoms with Crippen molar-refractivity contribution in [2.45, 2.75) is 99.8 Å². The van der Waals surface area contributed by atoms with Crippen LogP contribution in [0.5, 0.6) is 5.75 Å². The van der Waals surface area contributed by atoms with Gasteiger partial charge in [0.25, 0.3) is 5.91 Å². The molecule has 4 saturated heterocycles. The summed E-state index contributed by atoms with van der Waals surface area (Å²) < 4.78 is 27.5. The molecule has 1 unspecified atom stereocenters. The van der Waals surface area contributed by atoms with Gasteiger partial charge in [-0.05, 0) is 111 Å². The van der Waals surface area contributed by atoms with Gasteiger partial charge in [-0.3, -0.25) is 47.7 Å². The van der Waals surface area contributed by atoms with Gasteiger partial charge in [-0.15, -0.1) is 11.3 Å². The van der Waals surface area contributed by atoms with Crippen LogP contribution in [0.4, 0.5) is 10.1 Å². The van der Waals surface area contributed by atoms with Gasteiger partial charge in [-0.2, -0.15) is 10.2 Å². The number of carboxylic acids is 1. The summed E-state index contributed by atoms with van der Waals surface area (Å²) in [6.07, 6.45) is 5.50. The summed E-state index contributed by atoms with van der Waals surface area (Å²) >= 11 is 8.06. The fraction of sp³-hybridized carbons (Fsp3) is 0.388. The number of thiazole rings is 1. The predicted molar refractivity (Wildman–Crippen MR) is 340 cm³/mol. The normalized spacial score (nSPS) is 21.2. The van der Waals surface area contributed by atoms with Gasteiger partial charge in [0, 0.05) is 93.5 Å². The minimum absolute atomic E-state index is 0.0151. The van der Waals surface area contributed by atoms with E-state index in [0.717, 1.165) is 16.7 Å². The van der Waals surface area contributed by atoms with Crippen molar-refractivity contribution in [2.75, 3.05) is 57.7 Å². The quantitative estimate of drug-likeness (QED) is 0.0771. The van der Waals surface area contributed by atoms with Crippen molar-refractivity contribution in [3.8, 4) is 27.4 Å². The summed E-state index contributed by atoms with van der Waals surface area (Å²) in [5.74, 6) is -4.88. The average molecular weight is 1290 g/mol. The Kier molecular flexibility index (Phi) is 15.8. The number of anilines is 1. The number of carbonyl (C=O) groups excluding carboxylic acids is 7. The molecule has 4 atom stereocenters. The van der Waals surface area contributed by atoms with Gasteiger partial charge in [0.1, 0.15) is 41.2 Å². The van der Waals surface area contributed by atoms with Crippen molar-refractivity contribution < 1.29 is 52.6 Å². The number of nitrogens with zero attached hydrogens (tertiary/aromatic N) is 9. The number of halogens is 2. The summed E-state index contributed by atoms with van der Waals surface area (Å²) in [4.78, 5) is 123. The first-order valence-electron chi connectivity index (χ1n) is 31.3. The van der Waals surface area contributed by atoms with Gasteiger partial charge in [0.05, 0.1) is 56.2 Å². The highest BCUT2D eigenvalue weighted by atomic mass is 35.5. The fourth-order valence-corrected chi connectivity index (χ4v) is 16.1. The zero-order valence-electron chi connectivity index (χ0n) is 50.4. The van der Waals surface area contributed by atoms with E-state index in [-0.39, 0.29) is 86.8 Å². The summed E-state index contributed by atoms with van der Waals surface area (Å²) in [5, 5.41) is 28.5. The molecule has 474 valence electrons. The Labute approximate surface area is 536 Å². The Morgan fingerprint density at radius 3 is 2.34 bits per heavy atom. The third-order valence-electron chi connectivity index (χ3n) is 19.6. The molecule has 5 aromatic carbocycles. The number of fused-ring (bicyclic) bond motifs is 5. The maximum Gasteiger partial charge on any atom is 0.322 e. The zero-order chi connectivity index (χ0) is 63.7. The van der Waals surface area contributed by atoms with Crippen molar-refractivity contribution in [1.82, 2.24) is 54.8 Å². The van der Waals surface area contributed by atoms with E-state index < -0.39 is 59.8 Å². The number of hydrogen-bond donors (Lipinski definition) is 4. The number of hydrogen-bond acceptors (Lipinski definition) is 13. The van der Waals surface area contributed by atoms with E-state index in [4.69, 9.17) is 31.5 Å². The average Bonchev–Trinajstić information content (AvgIpc) is 1.54.